The number of hydrogen-bond donors (Lipinski definition) is 2. The van der Waals surface area contributed by atoms with E-state index in [1.54, 1.807) is 13.0 Å². The third kappa shape index (κ3) is 2.42. The van der Waals surface area contributed by atoms with Gasteiger partial charge >= 0.3 is 0 Å². The van der Waals surface area contributed by atoms with E-state index in [4.69, 9.17) is 0 Å². The number of aromatic hydroxyl groups is 1. The summed E-state index contributed by atoms with van der Waals surface area (Å²) in [6.45, 7) is 7.34. The summed E-state index contributed by atoms with van der Waals surface area (Å²) in [4.78, 5) is 2.19. The van der Waals surface area contributed by atoms with E-state index in [9.17, 15) is 9.50 Å². The topological polar surface area (TPSA) is 35.5 Å². The zero-order valence-corrected chi connectivity index (χ0v) is 10.3. The molecule has 0 radical (unpaired) electrons. The van der Waals surface area contributed by atoms with Crippen molar-refractivity contribution in [3.8, 4) is 5.75 Å². The van der Waals surface area contributed by atoms with Gasteiger partial charge in [-0.15, -0.1) is 0 Å². The van der Waals surface area contributed by atoms with Crippen LogP contribution in [0.4, 0.5) is 4.39 Å². The minimum Gasteiger partial charge on any atom is -0.507 e. The van der Waals surface area contributed by atoms with Crippen molar-refractivity contribution >= 4 is 0 Å². The summed E-state index contributed by atoms with van der Waals surface area (Å²) in [5, 5.41) is 13.3. The Morgan fingerprint density at radius 2 is 2.00 bits per heavy atom. The second-order valence-electron chi connectivity index (χ2n) is 4.59. The van der Waals surface area contributed by atoms with Gasteiger partial charge in [0, 0.05) is 37.8 Å². The van der Waals surface area contributed by atoms with Gasteiger partial charge in [0.05, 0.1) is 0 Å². The molecule has 3 nitrogen and oxygen atoms in total. The summed E-state index contributed by atoms with van der Waals surface area (Å²) >= 11 is 0. The maximum absolute atomic E-state index is 13.8. The molecule has 1 aromatic rings. The molecule has 0 aliphatic carbocycles. The molecule has 1 fully saturated rings. The summed E-state index contributed by atoms with van der Waals surface area (Å²) < 4.78 is 13.8. The second kappa shape index (κ2) is 5.02. The van der Waals surface area contributed by atoms with Gasteiger partial charge in [-0.1, -0.05) is 6.07 Å². The van der Waals surface area contributed by atoms with Crippen LogP contribution in [0.2, 0.25) is 0 Å². The lowest BCUT2D eigenvalue weighted by molar-refractivity contribution is 0.179. The SMILES string of the molecule is Cc1ccc(F)c([C@@H](C)N2CCNCC2)c1O. The molecule has 1 saturated heterocycles. The van der Waals surface area contributed by atoms with Crippen LogP contribution < -0.4 is 5.32 Å². The van der Waals surface area contributed by atoms with E-state index in [-0.39, 0.29) is 17.6 Å². The van der Waals surface area contributed by atoms with E-state index in [0.717, 1.165) is 31.7 Å². The molecule has 0 aromatic heterocycles. The van der Waals surface area contributed by atoms with Crippen LogP contribution in [0.3, 0.4) is 0 Å². The molecule has 17 heavy (non-hydrogen) atoms. The third-order valence-electron chi connectivity index (χ3n) is 3.48. The quantitative estimate of drug-likeness (QED) is 0.824. The molecule has 0 saturated carbocycles. The van der Waals surface area contributed by atoms with Crippen LogP contribution in [-0.4, -0.2) is 36.2 Å². The molecule has 4 heteroatoms. The van der Waals surface area contributed by atoms with Gasteiger partial charge in [-0.2, -0.15) is 0 Å². The number of piperazine rings is 1. The monoisotopic (exact) mass is 238 g/mol. The summed E-state index contributed by atoms with van der Waals surface area (Å²) in [5.74, 6) is -0.227. The van der Waals surface area contributed by atoms with Gasteiger partial charge in [0.25, 0.3) is 0 Å². The number of benzene rings is 1. The molecule has 94 valence electrons. The summed E-state index contributed by atoms with van der Waals surface area (Å²) in [5.41, 5.74) is 1.15. The van der Waals surface area contributed by atoms with Crippen molar-refractivity contribution < 1.29 is 9.50 Å². The highest BCUT2D eigenvalue weighted by Gasteiger charge is 2.24. The number of rotatable bonds is 2. The first-order valence-electron chi connectivity index (χ1n) is 6.04. The van der Waals surface area contributed by atoms with Crippen LogP contribution in [-0.2, 0) is 0 Å². The Labute approximate surface area is 101 Å². The van der Waals surface area contributed by atoms with Crippen LogP contribution in [0.1, 0.15) is 24.1 Å². The van der Waals surface area contributed by atoms with E-state index >= 15 is 0 Å². The fraction of sp³-hybridized carbons (Fsp3) is 0.538. The third-order valence-corrected chi connectivity index (χ3v) is 3.48. The van der Waals surface area contributed by atoms with Crippen molar-refractivity contribution in [1.29, 1.82) is 0 Å². The Hall–Kier alpha value is -1.13. The van der Waals surface area contributed by atoms with Gasteiger partial charge in [-0.25, -0.2) is 4.39 Å². The first kappa shape index (κ1) is 12.3. The molecule has 2 N–H and O–H groups in total. The molecular weight excluding hydrogens is 219 g/mol. The van der Waals surface area contributed by atoms with Crippen LogP contribution in [0, 0.1) is 12.7 Å². The Kier molecular flexibility index (Phi) is 3.64. The molecule has 0 bridgehead atoms. The maximum Gasteiger partial charge on any atom is 0.131 e. The number of hydrogen-bond acceptors (Lipinski definition) is 3. The number of nitrogens with zero attached hydrogens (tertiary/aromatic N) is 1. The van der Waals surface area contributed by atoms with E-state index in [2.05, 4.69) is 10.2 Å². The van der Waals surface area contributed by atoms with Crippen molar-refractivity contribution in [2.45, 2.75) is 19.9 Å². The fourth-order valence-electron chi connectivity index (χ4n) is 2.34. The maximum atomic E-state index is 13.8. The average molecular weight is 238 g/mol. The Morgan fingerprint density at radius 1 is 1.35 bits per heavy atom. The lowest BCUT2D eigenvalue weighted by atomic mass is 10.0. The lowest BCUT2D eigenvalue weighted by Gasteiger charge is -2.33. The highest BCUT2D eigenvalue weighted by Crippen LogP contribution is 2.33. The first-order valence-corrected chi connectivity index (χ1v) is 6.04. The number of halogens is 1. The zero-order valence-electron chi connectivity index (χ0n) is 10.3. The number of phenols is 1. The zero-order chi connectivity index (χ0) is 12.4. The standard InChI is InChI=1S/C13H19FN2O/c1-9-3-4-11(14)12(13(9)17)10(2)16-7-5-15-6-8-16/h3-4,10,15,17H,5-8H2,1-2H3/t10-/m1/s1. The van der Waals surface area contributed by atoms with Gasteiger partial charge in [-0.3, -0.25) is 4.90 Å². The molecule has 0 spiro atoms. The van der Waals surface area contributed by atoms with E-state index in [1.807, 2.05) is 6.92 Å². The molecule has 1 aliphatic heterocycles. The van der Waals surface area contributed by atoms with Crippen LogP contribution in [0.15, 0.2) is 12.1 Å². The molecular formula is C13H19FN2O. The summed E-state index contributed by atoms with van der Waals surface area (Å²) in [6.07, 6.45) is 0. The van der Waals surface area contributed by atoms with E-state index < -0.39 is 0 Å². The van der Waals surface area contributed by atoms with Gasteiger partial charge < -0.3 is 10.4 Å². The summed E-state index contributed by atoms with van der Waals surface area (Å²) in [7, 11) is 0. The highest BCUT2D eigenvalue weighted by atomic mass is 19.1. The Bertz CT molecular complexity index is 403. The average Bonchev–Trinajstić information content (AvgIpc) is 2.35. The first-order chi connectivity index (χ1) is 8.11. The van der Waals surface area contributed by atoms with Gasteiger partial charge in [0.2, 0.25) is 0 Å². The second-order valence-corrected chi connectivity index (χ2v) is 4.59. The molecule has 1 atom stereocenters. The fourth-order valence-corrected chi connectivity index (χ4v) is 2.34. The van der Waals surface area contributed by atoms with Crippen LogP contribution in [0.25, 0.3) is 0 Å². The summed E-state index contributed by atoms with van der Waals surface area (Å²) in [6, 6.07) is 2.96. The molecule has 2 rings (SSSR count). The van der Waals surface area contributed by atoms with Crippen LogP contribution in [0.5, 0.6) is 5.75 Å². The predicted molar refractivity (Wildman–Crippen MR) is 65.7 cm³/mol. The number of nitrogens with one attached hydrogen (secondary N) is 1. The van der Waals surface area contributed by atoms with Crippen LogP contribution >= 0.6 is 0 Å². The normalized spacial score (nSPS) is 19.2. The molecule has 1 heterocycles. The van der Waals surface area contributed by atoms with E-state index in [1.165, 1.54) is 6.07 Å². The highest BCUT2D eigenvalue weighted by molar-refractivity contribution is 5.42. The minimum atomic E-state index is -0.320. The molecule has 1 aromatic carbocycles. The molecule has 1 aliphatic rings. The van der Waals surface area contributed by atoms with E-state index in [0.29, 0.717) is 5.56 Å². The van der Waals surface area contributed by atoms with Gasteiger partial charge in [-0.05, 0) is 25.5 Å². The van der Waals surface area contributed by atoms with Crippen molar-refractivity contribution in [3.05, 3.63) is 29.1 Å². The number of phenolic OH excluding ortho intramolecular Hbond substituents is 1. The van der Waals surface area contributed by atoms with Gasteiger partial charge in [0.15, 0.2) is 0 Å². The van der Waals surface area contributed by atoms with Crippen molar-refractivity contribution in [3.63, 3.8) is 0 Å². The number of aryl methyl sites for hydroxylation is 1. The predicted octanol–water partition coefficient (Wildman–Crippen LogP) is 1.81. The minimum absolute atomic E-state index is 0.0861. The van der Waals surface area contributed by atoms with Gasteiger partial charge in [0.1, 0.15) is 11.6 Å². The Balaban J connectivity index is 2.29. The molecule has 0 unspecified atom stereocenters. The largest absolute Gasteiger partial charge is 0.507 e. The van der Waals surface area contributed by atoms with Crippen molar-refractivity contribution in [1.82, 2.24) is 10.2 Å². The molecule has 0 amide bonds. The smallest absolute Gasteiger partial charge is 0.131 e. The Morgan fingerprint density at radius 3 is 2.65 bits per heavy atom. The van der Waals surface area contributed by atoms with Crippen molar-refractivity contribution in [2.24, 2.45) is 0 Å². The van der Waals surface area contributed by atoms with Crippen molar-refractivity contribution in [2.75, 3.05) is 26.2 Å². The lowest BCUT2D eigenvalue weighted by Crippen LogP contribution is -2.44.